The highest BCUT2D eigenvalue weighted by Crippen LogP contribution is 2.23. The molecule has 0 bridgehead atoms. The van der Waals surface area contributed by atoms with Gasteiger partial charge in [-0.3, -0.25) is 14.8 Å². The van der Waals surface area contributed by atoms with Gasteiger partial charge in [-0.05, 0) is 31.9 Å². The summed E-state index contributed by atoms with van der Waals surface area (Å²) in [5, 5.41) is 14.9. The molecule has 9 nitrogen and oxygen atoms in total. The Balaban J connectivity index is 1.77. The summed E-state index contributed by atoms with van der Waals surface area (Å²) >= 11 is 0. The molecule has 1 saturated carbocycles. The quantitative estimate of drug-likeness (QED) is 0.438. The fourth-order valence-electron chi connectivity index (χ4n) is 3.24. The minimum atomic E-state index is -0.505. The lowest BCUT2D eigenvalue weighted by molar-refractivity contribution is 0.101. The minimum Gasteiger partial charge on any atom is -0.493 e. The van der Waals surface area contributed by atoms with Gasteiger partial charge in [-0.2, -0.15) is 9.61 Å². The van der Waals surface area contributed by atoms with Gasteiger partial charge in [0, 0.05) is 22.4 Å². The molecule has 0 unspecified atom stereocenters. The first-order valence-electron chi connectivity index (χ1n) is 9.55. The number of nitrogens with one attached hydrogen (secondary N) is 2. The summed E-state index contributed by atoms with van der Waals surface area (Å²) in [6, 6.07) is 9.41. The molecule has 9 heteroatoms. The first-order chi connectivity index (χ1) is 14.5. The van der Waals surface area contributed by atoms with Crippen molar-refractivity contribution in [2.75, 3.05) is 0 Å². The maximum atomic E-state index is 11.8. The Hall–Kier alpha value is -4.01. The van der Waals surface area contributed by atoms with Crippen LogP contribution in [0.3, 0.4) is 0 Å². The van der Waals surface area contributed by atoms with E-state index < -0.39 is 5.69 Å². The van der Waals surface area contributed by atoms with Crippen molar-refractivity contribution in [2.24, 2.45) is 4.99 Å². The molecule has 0 saturated heterocycles. The molecule has 3 aromatic heterocycles. The van der Waals surface area contributed by atoms with Crippen LogP contribution in [0.25, 0.3) is 23.0 Å². The number of nitrogens with zero attached hydrogens (tertiary/aromatic N) is 4. The lowest BCUT2D eigenvalue weighted by Gasteiger charge is -2.04. The van der Waals surface area contributed by atoms with Gasteiger partial charge in [0.05, 0.1) is 17.9 Å². The van der Waals surface area contributed by atoms with E-state index in [1.165, 1.54) is 6.92 Å². The summed E-state index contributed by atoms with van der Waals surface area (Å²) < 4.78 is 1.64. The van der Waals surface area contributed by atoms with E-state index in [1.807, 2.05) is 18.2 Å². The van der Waals surface area contributed by atoms with Crippen LogP contribution in [0.2, 0.25) is 0 Å². The van der Waals surface area contributed by atoms with Gasteiger partial charge in [0.1, 0.15) is 5.69 Å². The number of fused-ring (bicyclic) bond motifs is 1. The van der Waals surface area contributed by atoms with Crippen LogP contribution in [0.4, 0.5) is 0 Å². The number of carbonyl (C=O) groups excluding carboxylic acids is 1. The van der Waals surface area contributed by atoms with E-state index in [1.54, 1.807) is 28.9 Å². The highest BCUT2D eigenvalue weighted by atomic mass is 16.3. The predicted octanol–water partition coefficient (Wildman–Crippen LogP) is 0.932. The number of rotatable bonds is 4. The van der Waals surface area contributed by atoms with E-state index in [4.69, 9.17) is 9.98 Å². The summed E-state index contributed by atoms with van der Waals surface area (Å²) in [7, 11) is 0. The van der Waals surface area contributed by atoms with Crippen LogP contribution in [0.1, 0.15) is 35.8 Å². The van der Waals surface area contributed by atoms with Crippen molar-refractivity contribution in [3.05, 3.63) is 69.0 Å². The number of carbonyl (C=O) groups is 1. The Morgan fingerprint density at radius 3 is 2.83 bits per heavy atom. The largest absolute Gasteiger partial charge is 0.493 e. The van der Waals surface area contributed by atoms with Crippen LogP contribution < -0.4 is 16.4 Å². The van der Waals surface area contributed by atoms with E-state index in [-0.39, 0.29) is 23.4 Å². The van der Waals surface area contributed by atoms with Crippen molar-refractivity contribution < 1.29 is 9.90 Å². The number of aromatic hydroxyl groups is 1. The van der Waals surface area contributed by atoms with Gasteiger partial charge in [0.2, 0.25) is 5.88 Å². The zero-order chi connectivity index (χ0) is 20.8. The molecule has 1 aliphatic rings. The number of hydrogen-bond acceptors (Lipinski definition) is 6. The second kappa shape index (κ2) is 6.80. The molecule has 150 valence electrons. The number of H-pyrrole nitrogens is 2. The summed E-state index contributed by atoms with van der Waals surface area (Å²) in [5.74, 6) is -0.279. The average Bonchev–Trinajstić information content (AvgIpc) is 3.36. The van der Waals surface area contributed by atoms with E-state index in [0.717, 1.165) is 18.4 Å². The summed E-state index contributed by atoms with van der Waals surface area (Å²) in [6.07, 6.45) is 5.28. The maximum absolute atomic E-state index is 11.8. The van der Waals surface area contributed by atoms with Crippen molar-refractivity contribution in [3.8, 4) is 17.1 Å². The molecule has 3 N–H and O–H groups in total. The molecule has 1 fully saturated rings. The van der Waals surface area contributed by atoms with Gasteiger partial charge >= 0.3 is 5.69 Å². The Bertz CT molecular complexity index is 1470. The molecule has 4 aromatic rings. The fourth-order valence-corrected chi connectivity index (χ4v) is 3.24. The Labute approximate surface area is 169 Å². The van der Waals surface area contributed by atoms with Crippen LogP contribution in [0.5, 0.6) is 5.88 Å². The van der Waals surface area contributed by atoms with Gasteiger partial charge in [-0.25, -0.2) is 9.78 Å². The maximum Gasteiger partial charge on any atom is 0.326 e. The fraction of sp³-hybridized carbons (Fsp3) is 0.190. The third kappa shape index (κ3) is 3.30. The second-order valence-corrected chi connectivity index (χ2v) is 7.32. The van der Waals surface area contributed by atoms with Crippen molar-refractivity contribution in [3.63, 3.8) is 0 Å². The normalized spacial score (nSPS) is 15.2. The van der Waals surface area contributed by atoms with Crippen LogP contribution in [0.15, 0.2) is 46.3 Å². The first kappa shape index (κ1) is 18.0. The van der Waals surface area contributed by atoms with Crippen molar-refractivity contribution in [1.82, 2.24) is 24.6 Å². The molecule has 1 aromatic carbocycles. The zero-order valence-electron chi connectivity index (χ0n) is 16.1. The number of benzene rings is 1. The van der Waals surface area contributed by atoms with Gasteiger partial charge in [-0.1, -0.05) is 18.2 Å². The molecule has 0 aliphatic heterocycles. The van der Waals surface area contributed by atoms with Gasteiger partial charge in [-0.15, -0.1) is 0 Å². The smallest absolute Gasteiger partial charge is 0.326 e. The first-order valence-corrected chi connectivity index (χ1v) is 9.55. The summed E-state index contributed by atoms with van der Waals surface area (Å²) in [4.78, 5) is 37.5. The number of Topliss-reactive ketones (excluding diaryl/α,β-unsaturated/α-hetero) is 1. The standard InChI is InChI=1S/C21H18N6O3/c1-11(28)12-3-2-4-13(7-12)16-9-18(23-15-5-6-15)27-19(24-16)14(10-22-27)8-17-20(29)26-21(30)25-17/h2-4,7-10,15,29H,5-6H2,1H3,(H2,25,26,30)/b14-8-,23-18?. The van der Waals surface area contributed by atoms with E-state index in [0.29, 0.717) is 27.6 Å². The highest BCUT2D eigenvalue weighted by molar-refractivity contribution is 5.95. The van der Waals surface area contributed by atoms with Crippen LogP contribution in [-0.2, 0) is 0 Å². The molecule has 30 heavy (non-hydrogen) atoms. The lowest BCUT2D eigenvalue weighted by Crippen LogP contribution is -2.19. The van der Waals surface area contributed by atoms with E-state index >= 15 is 0 Å². The molecule has 3 heterocycles. The average molecular weight is 402 g/mol. The predicted molar refractivity (Wildman–Crippen MR) is 109 cm³/mol. The molecule has 5 rings (SSSR count). The number of aromatic amines is 2. The van der Waals surface area contributed by atoms with Crippen molar-refractivity contribution >= 4 is 17.5 Å². The third-order valence-corrected chi connectivity index (χ3v) is 4.94. The zero-order valence-corrected chi connectivity index (χ0v) is 16.1. The van der Waals surface area contributed by atoms with Gasteiger partial charge in [0.15, 0.2) is 16.9 Å². The van der Waals surface area contributed by atoms with Crippen molar-refractivity contribution in [2.45, 2.75) is 25.8 Å². The SMILES string of the molecule is CC(=O)c1cccc(-c2cc(=NC3CC3)n3nc/c(=C/c4[nH]c(=O)[nH]c4O)c3n2)c1. The molecule has 0 atom stereocenters. The van der Waals surface area contributed by atoms with Crippen LogP contribution in [-0.4, -0.2) is 41.5 Å². The monoisotopic (exact) mass is 402 g/mol. The lowest BCUT2D eigenvalue weighted by atomic mass is 10.1. The second-order valence-electron chi connectivity index (χ2n) is 7.32. The summed E-state index contributed by atoms with van der Waals surface area (Å²) in [5.41, 5.74) is 2.98. The van der Waals surface area contributed by atoms with Crippen LogP contribution in [0, 0.1) is 0 Å². The molecule has 0 radical (unpaired) electrons. The van der Waals surface area contributed by atoms with Gasteiger partial charge in [0.25, 0.3) is 0 Å². The number of ketones is 1. The molecule has 0 amide bonds. The van der Waals surface area contributed by atoms with Gasteiger partial charge < -0.3 is 10.1 Å². The summed E-state index contributed by atoms with van der Waals surface area (Å²) in [6.45, 7) is 1.53. The number of imidazole rings is 1. The number of hydrogen-bond donors (Lipinski definition) is 3. The van der Waals surface area contributed by atoms with E-state index in [2.05, 4.69) is 15.1 Å². The Morgan fingerprint density at radius 2 is 2.13 bits per heavy atom. The van der Waals surface area contributed by atoms with Crippen LogP contribution >= 0.6 is 0 Å². The topological polar surface area (TPSA) is 128 Å². The molecule has 0 spiro atoms. The Morgan fingerprint density at radius 1 is 1.30 bits per heavy atom. The molecule has 1 aliphatic carbocycles. The highest BCUT2D eigenvalue weighted by Gasteiger charge is 2.20. The van der Waals surface area contributed by atoms with E-state index in [9.17, 15) is 14.7 Å². The minimum absolute atomic E-state index is 0.0221. The molecular weight excluding hydrogens is 384 g/mol. The Kier molecular flexibility index (Phi) is 4.09. The molecular formula is C21H18N6O3. The van der Waals surface area contributed by atoms with Crippen molar-refractivity contribution in [1.29, 1.82) is 0 Å². The number of aromatic nitrogens is 5. The third-order valence-electron chi connectivity index (χ3n) is 4.94.